The Balaban J connectivity index is 2.01. The number of aliphatic carboxylic acids is 1. The van der Waals surface area contributed by atoms with Gasteiger partial charge < -0.3 is 15.6 Å². The summed E-state index contributed by atoms with van der Waals surface area (Å²) >= 11 is 0. The van der Waals surface area contributed by atoms with Crippen LogP contribution in [0.5, 0.6) is 5.75 Å². The van der Waals surface area contributed by atoms with Gasteiger partial charge in [0.2, 0.25) is 5.95 Å². The van der Waals surface area contributed by atoms with E-state index in [0.29, 0.717) is 18.8 Å². The zero-order chi connectivity index (χ0) is 15.0. The fourth-order valence-electron chi connectivity index (χ4n) is 2.88. The number of aromatic nitrogens is 3. The number of ether oxygens (including phenoxy) is 1. The molecule has 0 fully saturated rings. The maximum absolute atomic E-state index is 11.5. The van der Waals surface area contributed by atoms with E-state index in [4.69, 9.17) is 10.5 Å². The summed E-state index contributed by atoms with van der Waals surface area (Å²) in [5.41, 5.74) is 6.58. The molecule has 3 N–H and O–H groups in total. The number of para-hydroxylation sites is 1. The van der Waals surface area contributed by atoms with Crippen molar-refractivity contribution in [3.63, 3.8) is 0 Å². The van der Waals surface area contributed by atoms with E-state index in [-0.39, 0.29) is 11.9 Å². The van der Waals surface area contributed by atoms with Crippen molar-refractivity contribution in [1.29, 1.82) is 0 Å². The molecule has 2 heterocycles. The molecule has 1 aromatic heterocycles. The number of hydrogen-bond donors (Lipinski definition) is 2. The molecule has 0 aliphatic carbocycles. The first kappa shape index (κ1) is 13.4. The molecule has 7 nitrogen and oxygen atoms in total. The number of carbonyl (C=O) groups is 1. The number of carboxylic acid groups (broad SMARTS) is 1. The number of hydrogen-bond acceptors (Lipinski definition) is 5. The first-order chi connectivity index (χ1) is 10.1. The van der Waals surface area contributed by atoms with Crippen LogP contribution in [-0.2, 0) is 11.3 Å². The number of nitrogens with two attached hydrogens (primary N) is 1. The number of benzene rings is 1. The lowest BCUT2D eigenvalue weighted by Crippen LogP contribution is -2.28. The smallest absolute Gasteiger partial charge is 0.314 e. The number of fused-ring (bicyclic) bond motifs is 1. The monoisotopic (exact) mass is 288 g/mol. The first-order valence-electron chi connectivity index (χ1n) is 6.66. The molecule has 7 heteroatoms. The molecule has 0 radical (unpaired) electrons. The molecule has 1 aromatic carbocycles. The van der Waals surface area contributed by atoms with Crippen molar-refractivity contribution in [3.8, 4) is 5.75 Å². The molecule has 3 rings (SSSR count). The molecule has 2 aromatic rings. The molecular weight excluding hydrogens is 272 g/mol. The number of carboxylic acids is 1. The second-order valence-electron chi connectivity index (χ2n) is 5.08. The Bertz CT molecular complexity index is 683. The van der Waals surface area contributed by atoms with Gasteiger partial charge in [-0.25, -0.2) is 4.68 Å². The van der Waals surface area contributed by atoms with Gasteiger partial charge in [-0.3, -0.25) is 4.79 Å². The van der Waals surface area contributed by atoms with Crippen LogP contribution < -0.4 is 10.5 Å². The van der Waals surface area contributed by atoms with Gasteiger partial charge >= 0.3 is 5.97 Å². The third-order valence-corrected chi connectivity index (χ3v) is 3.82. The highest BCUT2D eigenvalue weighted by atomic mass is 16.5. The molecule has 0 saturated carbocycles. The van der Waals surface area contributed by atoms with Crippen molar-refractivity contribution in [2.75, 3.05) is 12.8 Å². The summed E-state index contributed by atoms with van der Waals surface area (Å²) in [6.45, 7) is 0.545. The van der Waals surface area contributed by atoms with Crippen LogP contribution >= 0.6 is 0 Å². The van der Waals surface area contributed by atoms with Crippen LogP contribution in [0, 0.1) is 0 Å². The second kappa shape index (κ2) is 5.08. The van der Waals surface area contributed by atoms with Crippen LogP contribution in [0.25, 0.3) is 0 Å². The summed E-state index contributed by atoms with van der Waals surface area (Å²) in [5, 5.41) is 13.5. The molecule has 2 atom stereocenters. The van der Waals surface area contributed by atoms with E-state index in [1.165, 1.54) is 0 Å². The lowest BCUT2D eigenvalue weighted by atomic mass is 9.85. The van der Waals surface area contributed by atoms with E-state index >= 15 is 0 Å². The summed E-state index contributed by atoms with van der Waals surface area (Å²) in [5.74, 6) is -0.344. The van der Waals surface area contributed by atoms with Crippen LogP contribution in [0.2, 0.25) is 0 Å². The number of methoxy groups -OCH3 is 1. The second-order valence-corrected chi connectivity index (χ2v) is 5.08. The normalized spacial score (nSPS) is 20.8. The average molecular weight is 288 g/mol. The fourth-order valence-corrected chi connectivity index (χ4v) is 2.88. The predicted octanol–water partition coefficient (Wildman–Crippen LogP) is 1.22. The van der Waals surface area contributed by atoms with Crippen molar-refractivity contribution in [2.45, 2.75) is 24.8 Å². The SMILES string of the molecule is COc1ccccc1C1CC(C(=O)O)c2nc(N)nn2C1. The first-order valence-corrected chi connectivity index (χ1v) is 6.66. The largest absolute Gasteiger partial charge is 0.496 e. The summed E-state index contributed by atoms with van der Waals surface area (Å²) < 4.78 is 6.96. The van der Waals surface area contributed by atoms with Crippen LogP contribution in [0.1, 0.15) is 29.6 Å². The van der Waals surface area contributed by atoms with E-state index in [1.807, 2.05) is 24.3 Å². The van der Waals surface area contributed by atoms with E-state index in [1.54, 1.807) is 11.8 Å². The highest BCUT2D eigenvalue weighted by molar-refractivity contribution is 5.75. The standard InChI is InChI=1S/C14H16N4O3/c1-21-11-5-3-2-4-9(11)8-6-10(13(19)20)12-16-14(15)17-18(12)7-8/h2-5,8,10H,6-7H2,1H3,(H2,15,17)(H,19,20). The van der Waals surface area contributed by atoms with Crippen LogP contribution in [-0.4, -0.2) is 33.0 Å². The Hall–Kier alpha value is -2.57. The maximum Gasteiger partial charge on any atom is 0.314 e. The minimum atomic E-state index is -0.914. The number of nitrogen functional groups attached to an aromatic ring is 1. The Kier molecular flexibility index (Phi) is 3.25. The third-order valence-electron chi connectivity index (χ3n) is 3.82. The van der Waals surface area contributed by atoms with Crippen molar-refractivity contribution in [1.82, 2.24) is 14.8 Å². The van der Waals surface area contributed by atoms with Crippen molar-refractivity contribution < 1.29 is 14.6 Å². The molecule has 0 saturated heterocycles. The topological polar surface area (TPSA) is 103 Å². The van der Waals surface area contributed by atoms with Gasteiger partial charge in [-0.05, 0) is 18.1 Å². The van der Waals surface area contributed by atoms with Crippen LogP contribution in [0.3, 0.4) is 0 Å². The van der Waals surface area contributed by atoms with Gasteiger partial charge in [0.25, 0.3) is 0 Å². The van der Waals surface area contributed by atoms with Crippen LogP contribution in [0.4, 0.5) is 5.95 Å². The molecular formula is C14H16N4O3. The Morgan fingerprint density at radius 2 is 2.24 bits per heavy atom. The molecule has 21 heavy (non-hydrogen) atoms. The van der Waals surface area contributed by atoms with E-state index in [9.17, 15) is 9.90 Å². The highest BCUT2D eigenvalue weighted by Gasteiger charge is 2.36. The summed E-state index contributed by atoms with van der Waals surface area (Å²) in [6, 6.07) is 7.63. The molecule has 1 aliphatic rings. The third kappa shape index (κ3) is 2.31. The van der Waals surface area contributed by atoms with E-state index < -0.39 is 11.9 Å². The highest BCUT2D eigenvalue weighted by Crippen LogP contribution is 2.39. The Labute approximate surface area is 121 Å². The predicted molar refractivity (Wildman–Crippen MR) is 75.2 cm³/mol. The molecule has 2 unspecified atom stereocenters. The minimum absolute atomic E-state index is 0.00384. The lowest BCUT2D eigenvalue weighted by molar-refractivity contribution is -0.139. The van der Waals surface area contributed by atoms with Gasteiger partial charge in [0.05, 0.1) is 13.7 Å². The summed E-state index contributed by atoms with van der Waals surface area (Å²) in [4.78, 5) is 15.5. The average Bonchev–Trinajstić information content (AvgIpc) is 2.85. The zero-order valence-corrected chi connectivity index (χ0v) is 11.6. The van der Waals surface area contributed by atoms with Gasteiger partial charge in [0, 0.05) is 5.92 Å². The fraction of sp³-hybridized carbons (Fsp3) is 0.357. The number of rotatable bonds is 3. The Morgan fingerprint density at radius 3 is 2.95 bits per heavy atom. The zero-order valence-electron chi connectivity index (χ0n) is 11.6. The van der Waals surface area contributed by atoms with Crippen molar-refractivity contribution in [3.05, 3.63) is 35.7 Å². The Morgan fingerprint density at radius 1 is 1.48 bits per heavy atom. The van der Waals surface area contributed by atoms with E-state index in [2.05, 4.69) is 10.1 Å². The molecule has 0 spiro atoms. The molecule has 1 aliphatic heterocycles. The lowest BCUT2D eigenvalue weighted by Gasteiger charge is -2.28. The quantitative estimate of drug-likeness (QED) is 0.880. The van der Waals surface area contributed by atoms with Gasteiger partial charge in [-0.1, -0.05) is 18.2 Å². The van der Waals surface area contributed by atoms with Crippen molar-refractivity contribution >= 4 is 11.9 Å². The van der Waals surface area contributed by atoms with Crippen molar-refractivity contribution in [2.24, 2.45) is 0 Å². The van der Waals surface area contributed by atoms with E-state index in [0.717, 1.165) is 11.3 Å². The van der Waals surface area contributed by atoms with Gasteiger partial charge in [0.1, 0.15) is 17.5 Å². The summed E-state index contributed by atoms with van der Waals surface area (Å²) in [7, 11) is 1.61. The van der Waals surface area contributed by atoms with Crippen LogP contribution in [0.15, 0.2) is 24.3 Å². The maximum atomic E-state index is 11.5. The van der Waals surface area contributed by atoms with Gasteiger partial charge in [-0.2, -0.15) is 4.98 Å². The van der Waals surface area contributed by atoms with Gasteiger partial charge in [0.15, 0.2) is 0 Å². The van der Waals surface area contributed by atoms with Gasteiger partial charge in [-0.15, -0.1) is 5.10 Å². The summed E-state index contributed by atoms with van der Waals surface area (Å²) in [6.07, 6.45) is 0.452. The number of anilines is 1. The molecule has 110 valence electrons. The number of nitrogens with zero attached hydrogens (tertiary/aromatic N) is 3. The molecule has 0 bridgehead atoms. The minimum Gasteiger partial charge on any atom is -0.496 e. The molecule has 0 amide bonds.